The van der Waals surface area contributed by atoms with E-state index in [4.69, 9.17) is 13.1 Å². The van der Waals surface area contributed by atoms with Crippen LogP contribution >= 0.6 is 0 Å². The lowest BCUT2D eigenvalue weighted by molar-refractivity contribution is 1.18. The van der Waals surface area contributed by atoms with E-state index in [1.54, 1.807) is 12.1 Å². The number of nitriles is 2. The van der Waals surface area contributed by atoms with Gasteiger partial charge in [0.15, 0.2) is 5.69 Å². The molecule has 7 aromatic carbocycles. The number of nitrogens with zero attached hydrogens (tertiary/aromatic N) is 6. The number of aromatic nitrogens is 2. The molecule has 0 fully saturated rings. The highest BCUT2D eigenvalue weighted by molar-refractivity contribution is 6.12. The van der Waals surface area contributed by atoms with Gasteiger partial charge in [0, 0.05) is 21.8 Å². The molecule has 0 radical (unpaired) electrons. The van der Waals surface area contributed by atoms with Crippen molar-refractivity contribution in [2.24, 2.45) is 0 Å². The van der Waals surface area contributed by atoms with Crippen molar-refractivity contribution < 1.29 is 0 Å². The summed E-state index contributed by atoms with van der Waals surface area (Å²) in [4.78, 5) is 7.67. The van der Waals surface area contributed by atoms with E-state index in [-0.39, 0.29) is 0 Å². The molecule has 238 valence electrons. The fourth-order valence-corrected chi connectivity index (χ4v) is 7.55. The zero-order valence-electron chi connectivity index (χ0n) is 27.5. The Labute approximate surface area is 299 Å². The van der Waals surface area contributed by atoms with Crippen LogP contribution in [-0.4, -0.2) is 9.13 Å². The first-order chi connectivity index (χ1) is 25.6. The van der Waals surface area contributed by atoms with Crippen LogP contribution in [0.4, 0.5) is 11.4 Å². The number of benzene rings is 7. The number of para-hydroxylation sites is 2. The molecule has 0 aliphatic heterocycles. The van der Waals surface area contributed by atoms with Crippen LogP contribution in [0.15, 0.2) is 146 Å². The van der Waals surface area contributed by atoms with Crippen molar-refractivity contribution in [3.8, 4) is 45.8 Å². The molecule has 2 heterocycles. The minimum atomic E-state index is 0.492. The molecule has 2 aromatic heterocycles. The maximum absolute atomic E-state index is 9.73. The van der Waals surface area contributed by atoms with Crippen molar-refractivity contribution in [1.29, 1.82) is 10.5 Å². The Bertz CT molecular complexity index is 3040. The molecule has 0 amide bonds. The summed E-state index contributed by atoms with van der Waals surface area (Å²) in [6.45, 7) is 15.9. The van der Waals surface area contributed by atoms with Crippen LogP contribution in [-0.2, 0) is 0 Å². The van der Waals surface area contributed by atoms with E-state index in [1.165, 1.54) is 0 Å². The van der Waals surface area contributed by atoms with Gasteiger partial charge in [0.05, 0.1) is 64.2 Å². The smallest absolute Gasteiger partial charge is 0.211 e. The van der Waals surface area contributed by atoms with Crippen molar-refractivity contribution >= 4 is 55.0 Å². The normalized spacial score (nSPS) is 11.0. The molecule has 52 heavy (non-hydrogen) atoms. The van der Waals surface area contributed by atoms with E-state index in [0.717, 1.165) is 77.2 Å². The fourth-order valence-electron chi connectivity index (χ4n) is 7.55. The largest absolute Gasteiger partial charge is 0.318 e. The van der Waals surface area contributed by atoms with E-state index in [9.17, 15) is 10.5 Å². The Morgan fingerprint density at radius 1 is 0.462 bits per heavy atom. The van der Waals surface area contributed by atoms with Crippen molar-refractivity contribution in [3.05, 3.63) is 180 Å². The van der Waals surface area contributed by atoms with Crippen LogP contribution in [0.3, 0.4) is 0 Å². The topological polar surface area (TPSA) is 66.2 Å². The second-order valence-corrected chi connectivity index (χ2v) is 12.6. The highest BCUT2D eigenvalue weighted by atomic mass is 15.0. The molecule has 6 heteroatoms. The SMILES string of the molecule is [C-]#[N+]c1ccc2c(c1)c1cc(C#N)ccc1n2-c1c([N+]#[C-])cccc1-c1ccccc1-c1ccc(-n2c3ccccc3c3cc(C#N)ccc32)cc1. The molecule has 0 unspecified atom stereocenters. The average molecular weight is 661 g/mol. The van der Waals surface area contributed by atoms with Gasteiger partial charge < -0.3 is 9.13 Å². The zero-order chi connectivity index (χ0) is 35.3. The van der Waals surface area contributed by atoms with Crippen LogP contribution in [0.2, 0.25) is 0 Å². The summed E-state index contributed by atoms with van der Waals surface area (Å²) >= 11 is 0. The molecular weight excluding hydrogens is 637 g/mol. The summed E-state index contributed by atoms with van der Waals surface area (Å²) < 4.78 is 4.33. The quantitative estimate of drug-likeness (QED) is 0.176. The molecule has 9 rings (SSSR count). The molecule has 0 aliphatic carbocycles. The first-order valence-corrected chi connectivity index (χ1v) is 16.6. The van der Waals surface area contributed by atoms with Gasteiger partial charge >= 0.3 is 0 Å². The molecule has 0 bridgehead atoms. The van der Waals surface area contributed by atoms with Gasteiger partial charge in [-0.15, -0.1) is 0 Å². The number of fused-ring (bicyclic) bond motifs is 6. The Kier molecular flexibility index (Phi) is 6.91. The summed E-state index contributed by atoms with van der Waals surface area (Å²) in [7, 11) is 0. The van der Waals surface area contributed by atoms with Gasteiger partial charge in [-0.3, -0.25) is 0 Å². The van der Waals surface area contributed by atoms with Crippen LogP contribution in [0.1, 0.15) is 11.1 Å². The molecule has 0 aliphatic rings. The summed E-state index contributed by atoms with van der Waals surface area (Å²) in [6.07, 6.45) is 0. The Hall–Kier alpha value is -7.90. The van der Waals surface area contributed by atoms with Crippen LogP contribution < -0.4 is 0 Å². The van der Waals surface area contributed by atoms with Gasteiger partial charge in [0.25, 0.3) is 0 Å². The van der Waals surface area contributed by atoms with Crippen LogP contribution in [0.5, 0.6) is 0 Å². The number of hydrogen-bond donors (Lipinski definition) is 0. The molecule has 9 aromatic rings. The first-order valence-electron chi connectivity index (χ1n) is 16.6. The lowest BCUT2D eigenvalue weighted by Crippen LogP contribution is -1.99. The summed E-state index contributed by atoms with van der Waals surface area (Å²) in [5, 5.41) is 23.1. The molecule has 0 spiro atoms. The third-order valence-corrected chi connectivity index (χ3v) is 9.82. The Morgan fingerprint density at radius 3 is 1.73 bits per heavy atom. The second kappa shape index (κ2) is 11.9. The van der Waals surface area contributed by atoms with E-state index in [0.29, 0.717) is 22.5 Å². The summed E-state index contributed by atoms with van der Waals surface area (Å²) in [6, 6.07) is 52.4. The second-order valence-electron chi connectivity index (χ2n) is 12.6. The predicted octanol–water partition coefficient (Wildman–Crippen LogP) is 12.1. The number of rotatable bonds is 4. The van der Waals surface area contributed by atoms with Gasteiger partial charge in [-0.25, -0.2) is 9.69 Å². The average Bonchev–Trinajstić information content (AvgIpc) is 3.71. The van der Waals surface area contributed by atoms with Crippen molar-refractivity contribution in [1.82, 2.24) is 9.13 Å². The minimum absolute atomic E-state index is 0.492. The minimum Gasteiger partial charge on any atom is -0.318 e. The fraction of sp³-hybridized carbons (Fsp3) is 0. The van der Waals surface area contributed by atoms with E-state index in [1.807, 2.05) is 78.9 Å². The Balaban J connectivity index is 1.24. The van der Waals surface area contributed by atoms with E-state index < -0.39 is 0 Å². The summed E-state index contributed by atoms with van der Waals surface area (Å²) in [5.41, 5.74) is 11.6. The van der Waals surface area contributed by atoms with Crippen molar-refractivity contribution in [3.63, 3.8) is 0 Å². The molecular formula is C46H24N6. The van der Waals surface area contributed by atoms with Gasteiger partial charge in [-0.1, -0.05) is 78.9 Å². The first kappa shape index (κ1) is 30.2. The number of hydrogen-bond acceptors (Lipinski definition) is 2. The third-order valence-electron chi connectivity index (χ3n) is 9.82. The van der Waals surface area contributed by atoms with Gasteiger partial charge in [0.2, 0.25) is 5.69 Å². The maximum Gasteiger partial charge on any atom is 0.211 e. The van der Waals surface area contributed by atoms with Crippen LogP contribution in [0.25, 0.3) is 86.9 Å². The molecule has 0 saturated carbocycles. The van der Waals surface area contributed by atoms with E-state index >= 15 is 0 Å². The van der Waals surface area contributed by atoms with Crippen molar-refractivity contribution in [2.45, 2.75) is 0 Å². The molecule has 6 nitrogen and oxygen atoms in total. The lowest BCUT2D eigenvalue weighted by atomic mass is 9.93. The third kappa shape index (κ3) is 4.54. The lowest BCUT2D eigenvalue weighted by Gasteiger charge is -2.19. The Morgan fingerprint density at radius 2 is 1.04 bits per heavy atom. The summed E-state index contributed by atoms with van der Waals surface area (Å²) in [5.74, 6) is 0. The standard InChI is InChI=1S/C46H24N6/c1-49-32-18-23-45-40(26-32)39-25-30(28-48)15-22-44(39)52(45)46-37(11-7-12-41(46)50-2)35-9-4-3-8-34(35)31-16-19-33(20-17-31)51-42-13-6-5-10-36(42)38-24-29(27-47)14-21-43(38)51/h3-26H. The van der Waals surface area contributed by atoms with Gasteiger partial charge in [-0.2, -0.15) is 10.5 Å². The molecule has 0 saturated heterocycles. The van der Waals surface area contributed by atoms with Gasteiger partial charge in [0.1, 0.15) is 0 Å². The van der Waals surface area contributed by atoms with E-state index in [2.05, 4.69) is 85.6 Å². The highest BCUT2D eigenvalue weighted by Gasteiger charge is 2.21. The molecule has 0 N–H and O–H groups in total. The monoisotopic (exact) mass is 660 g/mol. The van der Waals surface area contributed by atoms with Gasteiger partial charge in [-0.05, 0) is 94.4 Å². The van der Waals surface area contributed by atoms with Crippen molar-refractivity contribution in [2.75, 3.05) is 0 Å². The van der Waals surface area contributed by atoms with Crippen LogP contribution in [0, 0.1) is 35.8 Å². The highest BCUT2D eigenvalue weighted by Crippen LogP contribution is 2.44. The zero-order valence-corrected chi connectivity index (χ0v) is 27.5. The predicted molar refractivity (Wildman–Crippen MR) is 208 cm³/mol. The maximum atomic E-state index is 9.73. The molecule has 0 atom stereocenters.